The number of amides is 1. The number of thioether (sulfide) groups is 2. The van der Waals surface area contributed by atoms with Crippen LogP contribution in [-0.2, 0) is 10.5 Å². The smallest absolute Gasteiger partial charge is 0.230 e. The van der Waals surface area contributed by atoms with Crippen molar-refractivity contribution >= 4 is 29.4 Å². The van der Waals surface area contributed by atoms with Gasteiger partial charge in [-0.15, -0.1) is 0 Å². The second-order valence-corrected chi connectivity index (χ2v) is 7.99. The molecule has 0 spiro atoms. The lowest BCUT2D eigenvalue weighted by Gasteiger charge is -2.11. The number of aromatic nitrogens is 1. The largest absolute Gasteiger partial charge is 0.355 e. The minimum atomic E-state index is -0.0307. The van der Waals surface area contributed by atoms with Gasteiger partial charge in [-0.25, -0.2) is 4.98 Å². The summed E-state index contributed by atoms with van der Waals surface area (Å²) in [4.78, 5) is 16.5. The number of carbonyl (C=O) groups excluding carboxylic acids is 1. The average molecular weight is 386 g/mol. The standard InChI is InChI=1S/C20H23N3OS2/c1-14-15(2)18(11-21)20(23-16(14)3)26-13-19(24)22-9-10-25-12-17-7-5-4-6-8-17/h4-8H,9-10,12-13H2,1-3H3,(H,22,24). The molecule has 0 saturated heterocycles. The lowest BCUT2D eigenvalue weighted by Crippen LogP contribution is -2.27. The van der Waals surface area contributed by atoms with E-state index in [2.05, 4.69) is 28.5 Å². The quantitative estimate of drug-likeness (QED) is 0.549. The summed E-state index contributed by atoms with van der Waals surface area (Å²) >= 11 is 3.12. The van der Waals surface area contributed by atoms with Crippen LogP contribution in [0.4, 0.5) is 0 Å². The molecule has 1 N–H and O–H groups in total. The molecule has 26 heavy (non-hydrogen) atoms. The Hall–Kier alpha value is -1.97. The molecular formula is C20H23N3OS2. The van der Waals surface area contributed by atoms with Gasteiger partial charge >= 0.3 is 0 Å². The minimum absolute atomic E-state index is 0.0307. The summed E-state index contributed by atoms with van der Waals surface area (Å²) < 4.78 is 0. The van der Waals surface area contributed by atoms with Crippen LogP contribution in [-0.4, -0.2) is 28.9 Å². The zero-order valence-electron chi connectivity index (χ0n) is 15.3. The fraction of sp³-hybridized carbons (Fsp3) is 0.350. The molecule has 0 fully saturated rings. The van der Waals surface area contributed by atoms with Gasteiger partial charge in [-0.3, -0.25) is 4.79 Å². The molecule has 136 valence electrons. The van der Waals surface area contributed by atoms with Gasteiger partial charge < -0.3 is 5.32 Å². The molecule has 2 aromatic rings. The Morgan fingerprint density at radius 1 is 1.19 bits per heavy atom. The Morgan fingerprint density at radius 2 is 1.92 bits per heavy atom. The first-order chi connectivity index (χ1) is 12.5. The Morgan fingerprint density at radius 3 is 2.62 bits per heavy atom. The number of hydrogen-bond donors (Lipinski definition) is 1. The van der Waals surface area contributed by atoms with Crippen molar-refractivity contribution in [2.75, 3.05) is 18.1 Å². The van der Waals surface area contributed by atoms with Gasteiger partial charge in [0.2, 0.25) is 5.91 Å². The topological polar surface area (TPSA) is 65.8 Å². The highest BCUT2D eigenvalue weighted by Crippen LogP contribution is 2.26. The van der Waals surface area contributed by atoms with Gasteiger partial charge in [0, 0.05) is 23.7 Å². The van der Waals surface area contributed by atoms with Gasteiger partial charge in [0.25, 0.3) is 0 Å². The number of nitrogens with zero attached hydrogens (tertiary/aromatic N) is 2. The highest BCUT2D eigenvalue weighted by Gasteiger charge is 2.14. The Labute approximate surface area is 163 Å². The van der Waals surface area contributed by atoms with E-state index >= 15 is 0 Å². The number of aryl methyl sites for hydroxylation is 1. The molecule has 0 saturated carbocycles. The van der Waals surface area contributed by atoms with Gasteiger partial charge in [0.1, 0.15) is 11.1 Å². The van der Waals surface area contributed by atoms with Crippen molar-refractivity contribution in [1.29, 1.82) is 5.26 Å². The maximum atomic E-state index is 12.0. The molecule has 0 radical (unpaired) electrons. The fourth-order valence-corrected chi connectivity index (χ4v) is 4.09. The lowest BCUT2D eigenvalue weighted by molar-refractivity contribution is -0.118. The van der Waals surface area contributed by atoms with Crippen LogP contribution in [0.15, 0.2) is 35.4 Å². The van der Waals surface area contributed by atoms with E-state index in [9.17, 15) is 10.1 Å². The molecule has 2 rings (SSSR count). The molecule has 1 amide bonds. The van der Waals surface area contributed by atoms with Gasteiger partial charge in [-0.1, -0.05) is 42.1 Å². The summed E-state index contributed by atoms with van der Waals surface area (Å²) in [7, 11) is 0. The second kappa shape index (κ2) is 10.2. The molecular weight excluding hydrogens is 362 g/mol. The van der Waals surface area contributed by atoms with E-state index in [4.69, 9.17) is 0 Å². The number of hydrogen-bond acceptors (Lipinski definition) is 5. The third-order valence-corrected chi connectivity index (χ3v) is 6.10. The van der Waals surface area contributed by atoms with Crippen molar-refractivity contribution in [3.63, 3.8) is 0 Å². The van der Waals surface area contributed by atoms with Gasteiger partial charge in [-0.2, -0.15) is 17.0 Å². The molecule has 6 heteroatoms. The van der Waals surface area contributed by atoms with Crippen molar-refractivity contribution in [3.05, 3.63) is 58.3 Å². The van der Waals surface area contributed by atoms with Crippen LogP contribution in [0, 0.1) is 32.1 Å². The normalized spacial score (nSPS) is 10.4. The molecule has 0 aliphatic heterocycles. The van der Waals surface area contributed by atoms with Crippen LogP contribution >= 0.6 is 23.5 Å². The van der Waals surface area contributed by atoms with E-state index in [1.54, 1.807) is 11.8 Å². The summed E-state index contributed by atoms with van der Waals surface area (Å²) in [5.41, 5.74) is 4.75. The van der Waals surface area contributed by atoms with Crippen LogP contribution in [0.2, 0.25) is 0 Å². The first kappa shape index (κ1) is 20.3. The predicted molar refractivity (Wildman–Crippen MR) is 110 cm³/mol. The van der Waals surface area contributed by atoms with E-state index in [-0.39, 0.29) is 11.7 Å². The van der Waals surface area contributed by atoms with Crippen LogP contribution in [0.25, 0.3) is 0 Å². The van der Waals surface area contributed by atoms with Crippen molar-refractivity contribution < 1.29 is 4.79 Å². The molecule has 1 aromatic heterocycles. The predicted octanol–water partition coefficient (Wildman–Crippen LogP) is 4.02. The van der Waals surface area contributed by atoms with Crippen molar-refractivity contribution in [1.82, 2.24) is 10.3 Å². The van der Waals surface area contributed by atoms with E-state index in [1.807, 2.05) is 39.0 Å². The summed E-state index contributed by atoms with van der Waals surface area (Å²) in [5, 5.41) is 12.9. The zero-order valence-corrected chi connectivity index (χ0v) is 17.0. The van der Waals surface area contributed by atoms with Gasteiger partial charge in [0.05, 0.1) is 11.3 Å². The first-order valence-electron chi connectivity index (χ1n) is 8.42. The van der Waals surface area contributed by atoms with E-state index in [0.717, 1.165) is 28.3 Å². The van der Waals surface area contributed by atoms with Gasteiger partial charge in [0.15, 0.2) is 0 Å². The van der Waals surface area contributed by atoms with Gasteiger partial charge in [-0.05, 0) is 37.5 Å². The zero-order chi connectivity index (χ0) is 18.9. The minimum Gasteiger partial charge on any atom is -0.355 e. The third kappa shape index (κ3) is 5.79. The number of benzene rings is 1. The maximum Gasteiger partial charge on any atom is 0.230 e. The number of nitrogens with one attached hydrogen (secondary N) is 1. The SMILES string of the molecule is Cc1nc(SCC(=O)NCCSCc2ccccc2)c(C#N)c(C)c1C. The van der Waals surface area contributed by atoms with Crippen LogP contribution in [0.3, 0.4) is 0 Å². The number of pyridine rings is 1. The Kier molecular flexibility index (Phi) is 8.02. The molecule has 0 aliphatic carbocycles. The van der Waals surface area contributed by atoms with Crippen LogP contribution in [0.1, 0.15) is 27.9 Å². The molecule has 4 nitrogen and oxygen atoms in total. The monoisotopic (exact) mass is 385 g/mol. The molecule has 1 heterocycles. The van der Waals surface area contributed by atoms with Crippen LogP contribution < -0.4 is 5.32 Å². The van der Waals surface area contributed by atoms with Crippen molar-refractivity contribution in [2.24, 2.45) is 0 Å². The number of carbonyl (C=O) groups is 1. The van der Waals surface area contributed by atoms with E-state index in [0.29, 0.717) is 17.1 Å². The second-order valence-electron chi connectivity index (χ2n) is 5.92. The van der Waals surface area contributed by atoms with Crippen LogP contribution in [0.5, 0.6) is 0 Å². The van der Waals surface area contributed by atoms with Crippen molar-refractivity contribution in [3.8, 4) is 6.07 Å². The molecule has 0 aliphatic rings. The average Bonchev–Trinajstić information content (AvgIpc) is 2.65. The summed E-state index contributed by atoms with van der Waals surface area (Å²) in [6.45, 7) is 6.46. The molecule has 1 aromatic carbocycles. The highest BCUT2D eigenvalue weighted by molar-refractivity contribution is 8.00. The molecule has 0 atom stereocenters. The maximum absolute atomic E-state index is 12.0. The number of nitriles is 1. The highest BCUT2D eigenvalue weighted by atomic mass is 32.2. The first-order valence-corrected chi connectivity index (χ1v) is 10.6. The fourth-order valence-electron chi connectivity index (χ4n) is 2.36. The lowest BCUT2D eigenvalue weighted by atomic mass is 10.1. The molecule has 0 unspecified atom stereocenters. The van der Waals surface area contributed by atoms with E-state index in [1.165, 1.54) is 17.3 Å². The summed E-state index contributed by atoms with van der Waals surface area (Å²) in [5.74, 6) is 2.06. The molecule has 0 bridgehead atoms. The Bertz CT molecular complexity index is 801. The Balaban J connectivity index is 1.75. The number of rotatable bonds is 8. The summed E-state index contributed by atoms with van der Waals surface area (Å²) in [6.07, 6.45) is 0. The third-order valence-electron chi connectivity index (χ3n) is 4.10. The van der Waals surface area contributed by atoms with Crippen molar-refractivity contribution in [2.45, 2.75) is 31.6 Å². The van der Waals surface area contributed by atoms with E-state index < -0.39 is 0 Å². The summed E-state index contributed by atoms with van der Waals surface area (Å²) in [6, 6.07) is 12.5.